The van der Waals surface area contributed by atoms with Crippen molar-refractivity contribution < 1.29 is 18.9 Å². The van der Waals surface area contributed by atoms with Gasteiger partial charge in [-0.2, -0.15) is 0 Å². The number of nitrogens with zero attached hydrogens (tertiary/aromatic N) is 1. The maximum Gasteiger partial charge on any atom is 0.119 e. The molecule has 9 aromatic rings. The van der Waals surface area contributed by atoms with E-state index in [1.54, 1.807) is 0 Å². The molecule has 0 aliphatic heterocycles. The van der Waals surface area contributed by atoms with E-state index in [2.05, 4.69) is 12.1 Å². The Morgan fingerprint density at radius 2 is 0.507 bits per heavy atom. The van der Waals surface area contributed by atoms with E-state index in [1.807, 2.05) is 237 Å². The summed E-state index contributed by atoms with van der Waals surface area (Å²) in [6.45, 7) is 0.544. The second-order valence-corrected chi connectivity index (χ2v) is 17.1. The first-order valence-electron chi connectivity index (χ1n) is 23.4. The van der Waals surface area contributed by atoms with E-state index < -0.39 is 5.41 Å². The predicted molar refractivity (Wildman–Crippen MR) is 285 cm³/mol. The van der Waals surface area contributed by atoms with Gasteiger partial charge in [0.1, 0.15) is 54.8 Å². The molecule has 9 rings (SSSR count). The summed E-state index contributed by atoms with van der Waals surface area (Å²) in [5.74, 6) is 2.48. The predicted octanol–water partition coefficient (Wildman–Crippen LogP) is 13.7. The molecule has 0 heterocycles. The number of nitrogens with one attached hydrogen (secondary N) is 3. The molecule has 0 saturated carbocycles. The van der Waals surface area contributed by atoms with Gasteiger partial charge in [0.05, 0.1) is 28.5 Å². The molecule has 8 heteroatoms. The van der Waals surface area contributed by atoms with Crippen molar-refractivity contribution in [3.8, 4) is 23.0 Å². The van der Waals surface area contributed by atoms with Crippen molar-refractivity contribution in [2.45, 2.75) is 0 Å². The van der Waals surface area contributed by atoms with Crippen LogP contribution in [0.15, 0.2) is 254 Å². The molecule has 9 aromatic carbocycles. The highest BCUT2D eigenvalue weighted by Crippen LogP contribution is 2.29. The molecule has 0 aliphatic carbocycles. The number of aliphatic imine (C=N–C) groups is 1. The second kappa shape index (κ2) is 22.8. The van der Waals surface area contributed by atoms with Crippen molar-refractivity contribution >= 4 is 28.5 Å². The third-order valence-electron chi connectivity index (χ3n) is 12.0. The van der Waals surface area contributed by atoms with Gasteiger partial charge in [-0.25, -0.2) is 4.99 Å². The lowest BCUT2D eigenvalue weighted by Crippen LogP contribution is -2.45. The molecule has 0 atom stereocenters. The number of benzene rings is 9. The van der Waals surface area contributed by atoms with Gasteiger partial charge in [-0.05, 0) is 126 Å². The van der Waals surface area contributed by atoms with Gasteiger partial charge in [0.15, 0.2) is 0 Å². The van der Waals surface area contributed by atoms with Crippen molar-refractivity contribution in [1.29, 1.82) is 16.2 Å². The summed E-state index contributed by atoms with van der Waals surface area (Å²) in [6.07, 6.45) is 0. The fourth-order valence-electron chi connectivity index (χ4n) is 7.90. The molecular formula is C63H52N4O4. The number of rotatable bonds is 21. The fraction of sp³-hybridized carbons (Fsp3) is 0.0794. The Kier molecular flexibility index (Phi) is 15.1. The van der Waals surface area contributed by atoms with Crippen LogP contribution in [-0.4, -0.2) is 49.3 Å². The average Bonchev–Trinajstić information content (AvgIpc) is 3.45. The van der Waals surface area contributed by atoms with Crippen LogP contribution in [0.4, 0.5) is 5.69 Å². The molecule has 0 fully saturated rings. The lowest BCUT2D eigenvalue weighted by molar-refractivity contribution is -0.00351. The molecular weight excluding hydrogens is 877 g/mol. The molecule has 0 amide bonds. The van der Waals surface area contributed by atoms with Gasteiger partial charge < -0.3 is 18.9 Å². The van der Waals surface area contributed by atoms with Crippen LogP contribution in [0.2, 0.25) is 0 Å². The molecule has 0 aliphatic rings. The van der Waals surface area contributed by atoms with Crippen LogP contribution in [0.25, 0.3) is 0 Å². The zero-order valence-electron chi connectivity index (χ0n) is 39.1. The van der Waals surface area contributed by atoms with Crippen LogP contribution in [0.3, 0.4) is 0 Å². The fourth-order valence-corrected chi connectivity index (χ4v) is 7.90. The first-order chi connectivity index (χ1) is 34.9. The number of hydrogen-bond donors (Lipinski definition) is 3. The van der Waals surface area contributed by atoms with E-state index in [4.69, 9.17) is 40.2 Å². The molecule has 71 heavy (non-hydrogen) atoms. The minimum Gasteiger partial charge on any atom is -0.493 e. The van der Waals surface area contributed by atoms with Crippen LogP contribution in [0, 0.1) is 21.6 Å². The summed E-state index contributed by atoms with van der Waals surface area (Å²) < 4.78 is 26.7. The standard InChI is InChI=1S/C63H52N4O4/c64-59(46-16-6-1-7-17-46)49-26-34-55(35-27-49)68-42-63(43-69-56-36-28-50(29-37-56)60(65)47-18-8-2-9-19-47,44-70-57-38-30-51(31-39-57)61(66)48-20-10-3-11-21-48)45-71-58-40-32-53(33-41-58)62(52-22-12-4-13-23-52)67-54-24-14-5-15-25-54/h1-41,64-66H,42-45H2. The summed E-state index contributed by atoms with van der Waals surface area (Å²) in [5.41, 5.74) is 8.77. The van der Waals surface area contributed by atoms with Gasteiger partial charge in [0, 0.05) is 27.8 Å². The molecule has 0 radical (unpaired) electrons. The molecule has 0 aromatic heterocycles. The molecule has 0 bridgehead atoms. The maximum atomic E-state index is 8.82. The van der Waals surface area contributed by atoms with E-state index in [0.717, 1.165) is 55.9 Å². The Morgan fingerprint density at radius 3 is 0.803 bits per heavy atom. The third-order valence-corrected chi connectivity index (χ3v) is 12.0. The first kappa shape index (κ1) is 46.9. The Morgan fingerprint density at radius 1 is 0.282 bits per heavy atom. The van der Waals surface area contributed by atoms with E-state index in [-0.39, 0.29) is 26.4 Å². The maximum absolute atomic E-state index is 8.82. The van der Waals surface area contributed by atoms with Crippen molar-refractivity contribution in [3.63, 3.8) is 0 Å². The summed E-state index contributed by atoms with van der Waals surface area (Å²) in [5, 5.41) is 26.5. The van der Waals surface area contributed by atoms with E-state index in [0.29, 0.717) is 40.1 Å². The van der Waals surface area contributed by atoms with Gasteiger partial charge in [-0.15, -0.1) is 0 Å². The summed E-state index contributed by atoms with van der Waals surface area (Å²) in [4.78, 5) is 5.06. The Bertz CT molecular complexity index is 2950. The highest BCUT2D eigenvalue weighted by molar-refractivity contribution is 6.14. The highest BCUT2D eigenvalue weighted by atomic mass is 16.5. The lowest BCUT2D eigenvalue weighted by Gasteiger charge is -2.33. The molecule has 0 unspecified atom stereocenters. The third kappa shape index (κ3) is 12.3. The Hall–Kier alpha value is -9.14. The Labute approximate surface area is 415 Å². The SMILES string of the molecule is N=C(c1ccccc1)c1ccc(OCC(COc2ccc(C(=N)c3ccccc3)cc2)(COc2ccc(C(=N)c3ccccc3)cc2)COc2ccc(C(=Nc3ccccc3)c3ccccc3)cc2)cc1. The van der Waals surface area contributed by atoms with Crippen molar-refractivity contribution in [3.05, 3.63) is 293 Å². The monoisotopic (exact) mass is 928 g/mol. The highest BCUT2D eigenvalue weighted by Gasteiger charge is 2.36. The zero-order valence-corrected chi connectivity index (χ0v) is 39.1. The minimum atomic E-state index is -0.914. The largest absolute Gasteiger partial charge is 0.493 e. The molecule has 348 valence electrons. The smallest absolute Gasteiger partial charge is 0.119 e. The van der Waals surface area contributed by atoms with Crippen molar-refractivity contribution in [2.24, 2.45) is 10.4 Å². The quantitative estimate of drug-likeness (QED) is 0.0621. The molecule has 0 spiro atoms. The van der Waals surface area contributed by atoms with Crippen LogP contribution < -0.4 is 18.9 Å². The number of ether oxygens (including phenoxy) is 4. The molecule has 3 N–H and O–H groups in total. The molecule has 0 saturated heterocycles. The van der Waals surface area contributed by atoms with E-state index >= 15 is 0 Å². The van der Waals surface area contributed by atoms with Gasteiger partial charge in [-0.1, -0.05) is 140 Å². The van der Waals surface area contributed by atoms with Crippen LogP contribution in [0.5, 0.6) is 23.0 Å². The number of para-hydroxylation sites is 1. The minimum absolute atomic E-state index is 0.135. The first-order valence-corrected chi connectivity index (χ1v) is 23.4. The van der Waals surface area contributed by atoms with Gasteiger partial charge >= 0.3 is 0 Å². The van der Waals surface area contributed by atoms with Gasteiger partial charge in [-0.3, -0.25) is 16.2 Å². The zero-order chi connectivity index (χ0) is 48.7. The van der Waals surface area contributed by atoms with Gasteiger partial charge in [0.2, 0.25) is 0 Å². The van der Waals surface area contributed by atoms with Crippen LogP contribution >= 0.6 is 0 Å². The topological polar surface area (TPSA) is 121 Å². The number of hydrogen-bond acceptors (Lipinski definition) is 8. The normalized spacial score (nSPS) is 12.0. The molecule has 8 nitrogen and oxygen atoms in total. The average molecular weight is 929 g/mol. The Balaban J connectivity index is 1.01. The van der Waals surface area contributed by atoms with Crippen LogP contribution in [0.1, 0.15) is 44.5 Å². The van der Waals surface area contributed by atoms with Gasteiger partial charge in [0.25, 0.3) is 0 Å². The second-order valence-electron chi connectivity index (χ2n) is 17.1. The van der Waals surface area contributed by atoms with E-state index in [1.165, 1.54) is 0 Å². The lowest BCUT2D eigenvalue weighted by atomic mass is 9.91. The van der Waals surface area contributed by atoms with Crippen molar-refractivity contribution in [2.75, 3.05) is 26.4 Å². The van der Waals surface area contributed by atoms with Crippen LogP contribution in [-0.2, 0) is 0 Å². The summed E-state index contributed by atoms with van der Waals surface area (Å²) in [6, 6.07) is 79.6. The summed E-state index contributed by atoms with van der Waals surface area (Å²) >= 11 is 0. The van der Waals surface area contributed by atoms with Crippen molar-refractivity contribution in [1.82, 2.24) is 0 Å². The van der Waals surface area contributed by atoms with E-state index in [9.17, 15) is 0 Å². The summed E-state index contributed by atoms with van der Waals surface area (Å²) in [7, 11) is 0.